The molecule has 0 heterocycles. The molecular formula is C15H26N2S. The molecule has 0 saturated carbocycles. The molecule has 0 spiro atoms. The molecule has 0 aliphatic rings. The Morgan fingerprint density at radius 3 is 2.17 bits per heavy atom. The average Bonchev–Trinajstić information content (AvgIpc) is 2.25. The highest BCUT2D eigenvalue weighted by atomic mass is 32.2. The smallest absolute Gasteiger partial charge is 0.0334 e. The summed E-state index contributed by atoms with van der Waals surface area (Å²) in [6.07, 6.45) is 0.931. The van der Waals surface area contributed by atoms with Crippen molar-refractivity contribution in [2.45, 2.75) is 55.8 Å². The van der Waals surface area contributed by atoms with Crippen molar-refractivity contribution in [1.29, 1.82) is 0 Å². The largest absolute Gasteiger partial charge is 0.325 e. The zero-order chi connectivity index (χ0) is 13.8. The standard InChI is InChI=1S/C15H26N2S/c1-11(2)18-13-8-6-12(7-9-13)14(17-5)10-15(3,4)16/h6-9,11,14,17H,10,16H2,1-5H3. The Hall–Kier alpha value is -0.510. The van der Waals surface area contributed by atoms with Gasteiger partial charge < -0.3 is 11.1 Å². The van der Waals surface area contributed by atoms with Crippen molar-refractivity contribution in [3.05, 3.63) is 29.8 Å². The maximum absolute atomic E-state index is 6.10. The lowest BCUT2D eigenvalue weighted by Crippen LogP contribution is -2.36. The van der Waals surface area contributed by atoms with Crippen LogP contribution in [0.3, 0.4) is 0 Å². The SMILES string of the molecule is CNC(CC(C)(C)N)c1ccc(SC(C)C)cc1. The van der Waals surface area contributed by atoms with Crippen LogP contribution in [-0.2, 0) is 0 Å². The summed E-state index contributed by atoms with van der Waals surface area (Å²) in [4.78, 5) is 1.33. The molecule has 102 valence electrons. The first-order valence-electron chi connectivity index (χ1n) is 6.54. The van der Waals surface area contributed by atoms with Gasteiger partial charge >= 0.3 is 0 Å². The highest BCUT2D eigenvalue weighted by Gasteiger charge is 2.19. The van der Waals surface area contributed by atoms with Crippen LogP contribution >= 0.6 is 11.8 Å². The Kier molecular flexibility index (Phi) is 5.70. The van der Waals surface area contributed by atoms with Gasteiger partial charge in [-0.25, -0.2) is 0 Å². The number of hydrogen-bond acceptors (Lipinski definition) is 3. The van der Waals surface area contributed by atoms with Gasteiger partial charge in [-0.3, -0.25) is 0 Å². The summed E-state index contributed by atoms with van der Waals surface area (Å²) >= 11 is 1.89. The minimum absolute atomic E-state index is 0.154. The molecule has 0 bridgehead atoms. The van der Waals surface area contributed by atoms with Crippen LogP contribution in [0.4, 0.5) is 0 Å². The lowest BCUT2D eigenvalue weighted by atomic mass is 9.92. The zero-order valence-corrected chi connectivity index (χ0v) is 13.0. The Morgan fingerprint density at radius 1 is 1.22 bits per heavy atom. The summed E-state index contributed by atoms with van der Waals surface area (Å²) in [6, 6.07) is 9.14. The van der Waals surface area contributed by atoms with E-state index in [9.17, 15) is 0 Å². The highest BCUT2D eigenvalue weighted by Crippen LogP contribution is 2.27. The average molecular weight is 266 g/mol. The molecule has 18 heavy (non-hydrogen) atoms. The van der Waals surface area contributed by atoms with Gasteiger partial charge in [0, 0.05) is 21.7 Å². The number of rotatable bonds is 6. The zero-order valence-electron chi connectivity index (χ0n) is 12.2. The number of benzene rings is 1. The van der Waals surface area contributed by atoms with Gasteiger partial charge in [-0.1, -0.05) is 26.0 Å². The molecule has 1 aromatic rings. The lowest BCUT2D eigenvalue weighted by Gasteiger charge is -2.26. The molecule has 0 radical (unpaired) electrons. The first-order valence-corrected chi connectivity index (χ1v) is 7.42. The predicted molar refractivity (Wildman–Crippen MR) is 82.1 cm³/mol. The fourth-order valence-electron chi connectivity index (χ4n) is 1.96. The second kappa shape index (κ2) is 6.60. The van der Waals surface area contributed by atoms with Gasteiger partial charge in [0.05, 0.1) is 0 Å². The second-order valence-corrected chi connectivity index (χ2v) is 7.42. The normalized spacial score (nSPS) is 13.9. The van der Waals surface area contributed by atoms with E-state index in [2.05, 4.69) is 57.3 Å². The second-order valence-electron chi connectivity index (χ2n) is 5.77. The van der Waals surface area contributed by atoms with Crippen molar-refractivity contribution in [1.82, 2.24) is 5.32 Å². The Labute approximate surface area is 116 Å². The summed E-state index contributed by atoms with van der Waals surface area (Å²) in [5.74, 6) is 0. The molecule has 0 aliphatic carbocycles. The first kappa shape index (κ1) is 15.5. The summed E-state index contributed by atoms with van der Waals surface area (Å²) in [7, 11) is 1.99. The minimum Gasteiger partial charge on any atom is -0.325 e. The molecule has 3 N–H and O–H groups in total. The molecule has 1 rings (SSSR count). The summed E-state index contributed by atoms with van der Waals surface area (Å²) < 4.78 is 0. The Balaban J connectivity index is 2.75. The van der Waals surface area contributed by atoms with E-state index in [0.717, 1.165) is 6.42 Å². The molecule has 0 fully saturated rings. The van der Waals surface area contributed by atoms with Crippen molar-refractivity contribution in [2.75, 3.05) is 7.05 Å². The van der Waals surface area contributed by atoms with Crippen LogP contribution in [0.2, 0.25) is 0 Å². The molecule has 1 atom stereocenters. The maximum Gasteiger partial charge on any atom is 0.0334 e. The van der Waals surface area contributed by atoms with Crippen LogP contribution in [0, 0.1) is 0 Å². The van der Waals surface area contributed by atoms with E-state index in [1.54, 1.807) is 0 Å². The molecule has 3 heteroatoms. The topological polar surface area (TPSA) is 38.0 Å². The van der Waals surface area contributed by atoms with E-state index in [1.165, 1.54) is 10.5 Å². The van der Waals surface area contributed by atoms with Crippen LogP contribution in [0.25, 0.3) is 0 Å². The van der Waals surface area contributed by atoms with Gasteiger partial charge in [-0.2, -0.15) is 0 Å². The van der Waals surface area contributed by atoms with Crippen LogP contribution in [-0.4, -0.2) is 17.8 Å². The van der Waals surface area contributed by atoms with Crippen LogP contribution < -0.4 is 11.1 Å². The molecule has 0 amide bonds. The quantitative estimate of drug-likeness (QED) is 0.773. The van der Waals surface area contributed by atoms with Crippen molar-refractivity contribution in [3.8, 4) is 0 Å². The predicted octanol–water partition coefficient (Wildman–Crippen LogP) is 3.58. The Bertz CT molecular complexity index is 352. The molecule has 1 aromatic carbocycles. The van der Waals surface area contributed by atoms with Crippen LogP contribution in [0.1, 0.15) is 45.7 Å². The molecule has 0 aromatic heterocycles. The number of nitrogens with two attached hydrogens (primary N) is 1. The molecular weight excluding hydrogens is 240 g/mol. The molecule has 0 aliphatic heterocycles. The third kappa shape index (κ3) is 5.42. The van der Waals surface area contributed by atoms with E-state index < -0.39 is 0 Å². The molecule has 0 saturated heterocycles. The van der Waals surface area contributed by atoms with Crippen molar-refractivity contribution >= 4 is 11.8 Å². The third-order valence-corrected chi connectivity index (χ3v) is 3.75. The van der Waals surface area contributed by atoms with Crippen molar-refractivity contribution in [2.24, 2.45) is 5.73 Å². The number of thioether (sulfide) groups is 1. The summed E-state index contributed by atoms with van der Waals surface area (Å²) in [5, 5.41) is 3.97. The van der Waals surface area contributed by atoms with Gasteiger partial charge in [0.15, 0.2) is 0 Å². The number of nitrogens with one attached hydrogen (secondary N) is 1. The third-order valence-electron chi connectivity index (χ3n) is 2.73. The highest BCUT2D eigenvalue weighted by molar-refractivity contribution is 7.99. The van der Waals surface area contributed by atoms with Gasteiger partial charge in [0.1, 0.15) is 0 Å². The van der Waals surface area contributed by atoms with Gasteiger partial charge in [0.25, 0.3) is 0 Å². The van der Waals surface area contributed by atoms with Crippen molar-refractivity contribution in [3.63, 3.8) is 0 Å². The number of hydrogen-bond donors (Lipinski definition) is 2. The van der Waals surface area contributed by atoms with Crippen molar-refractivity contribution < 1.29 is 0 Å². The minimum atomic E-state index is -0.154. The lowest BCUT2D eigenvalue weighted by molar-refractivity contribution is 0.396. The summed E-state index contributed by atoms with van der Waals surface area (Å²) in [5.41, 5.74) is 7.26. The van der Waals surface area contributed by atoms with Gasteiger partial charge in [-0.05, 0) is 45.0 Å². The maximum atomic E-state index is 6.10. The van der Waals surface area contributed by atoms with E-state index >= 15 is 0 Å². The van der Waals surface area contributed by atoms with E-state index in [-0.39, 0.29) is 5.54 Å². The fourth-order valence-corrected chi connectivity index (χ4v) is 2.80. The van der Waals surface area contributed by atoms with E-state index in [1.807, 2.05) is 18.8 Å². The first-order chi connectivity index (χ1) is 8.31. The van der Waals surface area contributed by atoms with Gasteiger partial charge in [-0.15, -0.1) is 11.8 Å². The summed E-state index contributed by atoms with van der Waals surface area (Å²) in [6.45, 7) is 8.57. The van der Waals surface area contributed by atoms with Crippen LogP contribution in [0.5, 0.6) is 0 Å². The van der Waals surface area contributed by atoms with E-state index in [0.29, 0.717) is 11.3 Å². The van der Waals surface area contributed by atoms with Crippen LogP contribution in [0.15, 0.2) is 29.2 Å². The van der Waals surface area contributed by atoms with E-state index in [4.69, 9.17) is 5.73 Å². The molecule has 2 nitrogen and oxygen atoms in total. The Morgan fingerprint density at radius 2 is 1.78 bits per heavy atom. The monoisotopic (exact) mass is 266 g/mol. The fraction of sp³-hybridized carbons (Fsp3) is 0.600. The van der Waals surface area contributed by atoms with Gasteiger partial charge in [0.2, 0.25) is 0 Å². The molecule has 1 unspecified atom stereocenters.